The van der Waals surface area contributed by atoms with Gasteiger partial charge in [-0.3, -0.25) is 9.59 Å². The Balaban J connectivity index is 2.52. The molecule has 0 aliphatic carbocycles. The first-order valence-electron chi connectivity index (χ1n) is 5.43. The number of amides is 2. The highest BCUT2D eigenvalue weighted by atomic mass is 32.1. The summed E-state index contributed by atoms with van der Waals surface area (Å²) in [4.78, 5) is 24.0. The summed E-state index contributed by atoms with van der Waals surface area (Å²) >= 11 is 1.42. The highest BCUT2D eigenvalue weighted by molar-refractivity contribution is 7.10. The zero-order valence-corrected chi connectivity index (χ0v) is 10.7. The normalized spacial score (nSPS) is 13.8. The molecule has 2 unspecified atom stereocenters. The van der Waals surface area contributed by atoms with Crippen molar-refractivity contribution in [3.8, 4) is 0 Å². The van der Waals surface area contributed by atoms with E-state index in [9.17, 15) is 9.59 Å². The highest BCUT2D eigenvalue weighted by Gasteiger charge is 2.21. The Morgan fingerprint density at radius 1 is 1.47 bits per heavy atom. The van der Waals surface area contributed by atoms with E-state index in [0.29, 0.717) is 6.54 Å². The summed E-state index contributed by atoms with van der Waals surface area (Å²) in [7, 11) is 0. The number of rotatable bonds is 5. The Morgan fingerprint density at radius 3 is 2.71 bits per heavy atom. The second-order valence-corrected chi connectivity index (χ2v) is 4.60. The molecule has 1 aromatic heterocycles. The summed E-state index contributed by atoms with van der Waals surface area (Å²) in [5.74, 6) is -0.551. The van der Waals surface area contributed by atoms with Gasteiger partial charge in [0.15, 0.2) is 0 Å². The molecular weight excluding hydrogens is 238 g/mol. The van der Waals surface area contributed by atoms with Gasteiger partial charge in [-0.25, -0.2) is 0 Å². The quantitative estimate of drug-likeness (QED) is 0.711. The molecule has 2 atom stereocenters. The molecule has 1 aromatic rings. The minimum absolute atomic E-state index is 0.209. The minimum Gasteiger partial charge on any atom is -0.355 e. The molecule has 0 fully saturated rings. The summed E-state index contributed by atoms with van der Waals surface area (Å²) in [6.07, 6.45) is 0. The SMILES string of the molecule is CCNC(=O)C(C)NC(=O)C(N)c1cccs1. The molecule has 5 nitrogen and oxygen atoms in total. The van der Waals surface area contributed by atoms with Crippen LogP contribution in [-0.4, -0.2) is 24.4 Å². The Kier molecular flexibility index (Phi) is 5.11. The van der Waals surface area contributed by atoms with Gasteiger partial charge in [0.05, 0.1) is 0 Å². The molecule has 1 rings (SSSR count). The summed E-state index contributed by atoms with van der Waals surface area (Å²) in [6.45, 7) is 3.99. The van der Waals surface area contributed by atoms with Crippen LogP contribution in [0.4, 0.5) is 0 Å². The van der Waals surface area contributed by atoms with Crippen molar-refractivity contribution in [3.63, 3.8) is 0 Å². The van der Waals surface area contributed by atoms with Crippen molar-refractivity contribution in [1.29, 1.82) is 0 Å². The molecule has 0 saturated carbocycles. The second-order valence-electron chi connectivity index (χ2n) is 3.62. The van der Waals surface area contributed by atoms with E-state index in [-0.39, 0.29) is 11.8 Å². The molecule has 0 radical (unpaired) electrons. The molecule has 17 heavy (non-hydrogen) atoms. The minimum atomic E-state index is -0.716. The topological polar surface area (TPSA) is 84.2 Å². The summed E-state index contributed by atoms with van der Waals surface area (Å²) in [6, 6.07) is 2.34. The largest absolute Gasteiger partial charge is 0.355 e. The van der Waals surface area contributed by atoms with Crippen LogP contribution in [-0.2, 0) is 9.59 Å². The van der Waals surface area contributed by atoms with E-state index in [2.05, 4.69) is 10.6 Å². The fourth-order valence-corrected chi connectivity index (χ4v) is 2.02. The van der Waals surface area contributed by atoms with E-state index in [1.807, 2.05) is 18.4 Å². The molecule has 4 N–H and O–H groups in total. The van der Waals surface area contributed by atoms with E-state index < -0.39 is 12.1 Å². The van der Waals surface area contributed by atoms with Gasteiger partial charge in [-0.15, -0.1) is 11.3 Å². The van der Waals surface area contributed by atoms with Crippen molar-refractivity contribution >= 4 is 23.2 Å². The fraction of sp³-hybridized carbons (Fsp3) is 0.455. The Hall–Kier alpha value is -1.40. The number of hydrogen-bond donors (Lipinski definition) is 3. The van der Waals surface area contributed by atoms with Crippen molar-refractivity contribution in [3.05, 3.63) is 22.4 Å². The molecule has 0 bridgehead atoms. The van der Waals surface area contributed by atoms with Crippen molar-refractivity contribution in [2.45, 2.75) is 25.9 Å². The summed E-state index contributed by atoms with van der Waals surface area (Å²) in [5.41, 5.74) is 5.77. The molecule has 2 amide bonds. The van der Waals surface area contributed by atoms with Crippen molar-refractivity contribution in [2.75, 3.05) is 6.54 Å². The third-order valence-corrected chi connectivity index (χ3v) is 3.19. The van der Waals surface area contributed by atoms with Crippen LogP contribution in [0.25, 0.3) is 0 Å². The van der Waals surface area contributed by atoms with E-state index in [1.54, 1.807) is 13.0 Å². The lowest BCUT2D eigenvalue weighted by Gasteiger charge is -2.16. The van der Waals surface area contributed by atoms with Crippen molar-refractivity contribution in [2.24, 2.45) is 5.73 Å². The number of hydrogen-bond acceptors (Lipinski definition) is 4. The maximum atomic E-state index is 11.8. The summed E-state index contributed by atoms with van der Waals surface area (Å²) in [5, 5.41) is 7.07. The third-order valence-electron chi connectivity index (χ3n) is 2.24. The van der Waals surface area contributed by atoms with Gasteiger partial charge in [-0.2, -0.15) is 0 Å². The predicted molar refractivity (Wildman–Crippen MR) is 67.5 cm³/mol. The van der Waals surface area contributed by atoms with Crippen LogP contribution in [0, 0.1) is 0 Å². The Labute approximate surface area is 104 Å². The van der Waals surface area contributed by atoms with Crippen LogP contribution in [0.5, 0.6) is 0 Å². The maximum absolute atomic E-state index is 11.8. The van der Waals surface area contributed by atoms with Gasteiger partial charge in [0, 0.05) is 11.4 Å². The van der Waals surface area contributed by atoms with E-state index in [0.717, 1.165) is 4.88 Å². The number of carbonyl (C=O) groups excluding carboxylic acids is 2. The van der Waals surface area contributed by atoms with E-state index in [1.165, 1.54) is 11.3 Å². The zero-order chi connectivity index (χ0) is 12.8. The average Bonchev–Trinajstić information content (AvgIpc) is 2.81. The smallest absolute Gasteiger partial charge is 0.242 e. The first-order valence-corrected chi connectivity index (χ1v) is 6.31. The van der Waals surface area contributed by atoms with Gasteiger partial charge in [0.1, 0.15) is 12.1 Å². The van der Waals surface area contributed by atoms with Gasteiger partial charge in [-0.05, 0) is 25.3 Å². The lowest BCUT2D eigenvalue weighted by atomic mass is 10.2. The number of nitrogens with one attached hydrogen (secondary N) is 2. The van der Waals surface area contributed by atoms with E-state index >= 15 is 0 Å². The molecular formula is C11H17N3O2S. The monoisotopic (exact) mass is 255 g/mol. The molecule has 0 aliphatic rings. The molecule has 0 aliphatic heterocycles. The molecule has 0 aromatic carbocycles. The van der Waals surface area contributed by atoms with Crippen molar-refractivity contribution in [1.82, 2.24) is 10.6 Å². The molecule has 0 saturated heterocycles. The predicted octanol–water partition coefficient (Wildman–Crippen LogP) is 0.389. The van der Waals surface area contributed by atoms with Gasteiger partial charge in [0.2, 0.25) is 11.8 Å². The van der Waals surface area contributed by atoms with Crippen LogP contribution >= 0.6 is 11.3 Å². The number of likely N-dealkylation sites (N-methyl/N-ethyl adjacent to an activating group) is 1. The standard InChI is InChI=1S/C11H17N3O2S/c1-3-13-10(15)7(2)14-11(16)9(12)8-5-4-6-17-8/h4-7,9H,3,12H2,1-2H3,(H,13,15)(H,14,16). The van der Waals surface area contributed by atoms with Crippen LogP contribution < -0.4 is 16.4 Å². The number of thiophene rings is 1. The Bertz CT molecular complexity index is 378. The van der Waals surface area contributed by atoms with Gasteiger partial charge >= 0.3 is 0 Å². The average molecular weight is 255 g/mol. The van der Waals surface area contributed by atoms with Gasteiger partial charge in [0.25, 0.3) is 0 Å². The molecule has 0 spiro atoms. The van der Waals surface area contributed by atoms with Crippen LogP contribution in [0.15, 0.2) is 17.5 Å². The zero-order valence-electron chi connectivity index (χ0n) is 9.90. The van der Waals surface area contributed by atoms with Crippen LogP contribution in [0.1, 0.15) is 24.8 Å². The lowest BCUT2D eigenvalue weighted by Crippen LogP contribution is -2.47. The first kappa shape index (κ1) is 13.7. The van der Waals surface area contributed by atoms with Crippen LogP contribution in [0.3, 0.4) is 0 Å². The third kappa shape index (κ3) is 3.83. The number of nitrogens with two attached hydrogens (primary N) is 1. The first-order chi connectivity index (χ1) is 8.06. The fourth-order valence-electron chi connectivity index (χ4n) is 1.29. The molecule has 6 heteroatoms. The lowest BCUT2D eigenvalue weighted by molar-refractivity contribution is -0.129. The van der Waals surface area contributed by atoms with E-state index in [4.69, 9.17) is 5.73 Å². The van der Waals surface area contributed by atoms with Gasteiger partial charge in [-0.1, -0.05) is 6.07 Å². The van der Waals surface area contributed by atoms with Gasteiger partial charge < -0.3 is 16.4 Å². The maximum Gasteiger partial charge on any atom is 0.242 e. The van der Waals surface area contributed by atoms with Crippen molar-refractivity contribution < 1.29 is 9.59 Å². The Morgan fingerprint density at radius 2 is 2.18 bits per heavy atom. The summed E-state index contributed by atoms with van der Waals surface area (Å²) < 4.78 is 0. The second kappa shape index (κ2) is 6.36. The molecule has 1 heterocycles. The highest BCUT2D eigenvalue weighted by Crippen LogP contribution is 2.16. The van der Waals surface area contributed by atoms with Crippen LogP contribution in [0.2, 0.25) is 0 Å². The number of carbonyl (C=O) groups is 2. The molecule has 94 valence electrons.